The van der Waals surface area contributed by atoms with E-state index in [0.29, 0.717) is 21.4 Å². The molecule has 4 aromatic rings. The number of rotatable bonds is 9. The zero-order valence-corrected chi connectivity index (χ0v) is 32.5. The van der Waals surface area contributed by atoms with E-state index in [9.17, 15) is 9.59 Å². The van der Waals surface area contributed by atoms with Gasteiger partial charge in [0.2, 0.25) is 0 Å². The van der Waals surface area contributed by atoms with Crippen LogP contribution in [0.2, 0.25) is 10.3 Å². The first-order valence-electron chi connectivity index (χ1n) is 15.9. The minimum Gasteiger partial charge on any atom is -0.383 e. The molecule has 0 aliphatic rings. The summed E-state index contributed by atoms with van der Waals surface area (Å²) in [6.45, 7) is 15.9. The second-order valence-corrected chi connectivity index (χ2v) is 14.5. The molecule has 0 aliphatic carbocycles. The predicted octanol–water partition coefficient (Wildman–Crippen LogP) is 8.21. The van der Waals surface area contributed by atoms with Gasteiger partial charge in [-0.2, -0.15) is 0 Å². The van der Waals surface area contributed by atoms with Gasteiger partial charge in [-0.15, -0.1) is 0 Å². The molecule has 0 bridgehead atoms. The van der Waals surface area contributed by atoms with Crippen molar-refractivity contribution in [1.82, 2.24) is 33.8 Å². The molecule has 0 saturated carbocycles. The number of hydrogen-bond acceptors (Lipinski definition) is 8. The Kier molecular flexibility index (Phi) is 14.8. The van der Waals surface area contributed by atoms with Gasteiger partial charge in [0, 0.05) is 85.1 Å². The lowest BCUT2D eigenvalue weighted by molar-refractivity contribution is -0.178. The maximum Gasteiger partial charge on any atom is 0.189 e. The largest absolute Gasteiger partial charge is 0.383 e. The van der Waals surface area contributed by atoms with Gasteiger partial charge in [0.1, 0.15) is 0 Å². The van der Waals surface area contributed by atoms with Gasteiger partial charge in [0.05, 0.1) is 16.6 Å². The summed E-state index contributed by atoms with van der Waals surface area (Å²) < 4.78 is 9.79. The third-order valence-corrected chi connectivity index (χ3v) is 7.57. The summed E-state index contributed by atoms with van der Waals surface area (Å²) >= 11 is 12.3. The topological polar surface area (TPSA) is 88.7 Å². The number of ketones is 2. The van der Waals surface area contributed by atoms with Crippen LogP contribution in [0.15, 0.2) is 49.2 Å². The molecular weight excluding hydrogens is 649 g/mol. The molecule has 0 unspecified atom stereocenters. The van der Waals surface area contributed by atoms with E-state index in [2.05, 4.69) is 30.7 Å². The van der Waals surface area contributed by atoms with Crippen LogP contribution in [0.25, 0.3) is 21.8 Å². The highest BCUT2D eigenvalue weighted by Crippen LogP contribution is 2.30. The molecule has 0 radical (unpaired) electrons. The van der Waals surface area contributed by atoms with Crippen LogP contribution < -0.4 is 0 Å². The highest BCUT2D eigenvalue weighted by atomic mass is 35.5. The molecule has 0 saturated heterocycles. The van der Waals surface area contributed by atoms with E-state index < -0.39 is 0 Å². The second kappa shape index (κ2) is 17.4. The van der Waals surface area contributed by atoms with Gasteiger partial charge in [-0.25, -0.2) is 9.97 Å². The summed E-state index contributed by atoms with van der Waals surface area (Å²) in [6, 6.07) is 4.11. The van der Waals surface area contributed by atoms with Gasteiger partial charge in [0.25, 0.3) is 0 Å². The maximum atomic E-state index is 12.3. The molecule has 0 aromatic carbocycles. The summed E-state index contributed by atoms with van der Waals surface area (Å²) in [5.41, 5.74) is 2.90. The van der Waals surface area contributed by atoms with Gasteiger partial charge in [-0.1, -0.05) is 23.2 Å². The molecular formula is C36H53Cl2N7O3. The number of halogens is 2. The number of allylic oxidation sites excluding steroid dienone is 1. The van der Waals surface area contributed by atoms with Crippen LogP contribution in [-0.2, 0) is 4.74 Å². The standard InChI is InChI=1S/C15H18ClN3O.C12H13ClN2O.C9H22N2O/c1-10(2)19-9-12(13(20)6-8-18(3)4)11-5-7-17-15(16)14(11)19;1-7(2)15-6-10(8(3)16)9-4-5-14-12(13)11(9)15;1-9(2,3)12-8(10(4)5)11(6)7/h5-10H,1-4H3;4-7H,1-3H3;8H,1-7H3/b8-6+;;. The molecule has 10 nitrogen and oxygen atoms in total. The number of carbonyl (C=O) groups excluding carboxylic acids is 2. The van der Waals surface area contributed by atoms with E-state index in [-0.39, 0.29) is 35.6 Å². The highest BCUT2D eigenvalue weighted by Gasteiger charge is 2.22. The summed E-state index contributed by atoms with van der Waals surface area (Å²) in [6.07, 6.45) is 10.3. The lowest BCUT2D eigenvalue weighted by Crippen LogP contribution is -2.46. The Morgan fingerprint density at radius 3 is 1.54 bits per heavy atom. The molecule has 4 rings (SSSR count). The Bertz CT molecular complexity index is 1710. The van der Waals surface area contributed by atoms with Crippen molar-refractivity contribution < 1.29 is 14.3 Å². The molecule has 48 heavy (non-hydrogen) atoms. The number of pyridine rings is 2. The maximum absolute atomic E-state index is 12.3. The molecule has 0 atom stereocenters. The Morgan fingerprint density at radius 1 is 0.792 bits per heavy atom. The first-order chi connectivity index (χ1) is 22.2. The Morgan fingerprint density at radius 2 is 1.21 bits per heavy atom. The quantitative estimate of drug-likeness (QED) is 0.0747. The van der Waals surface area contributed by atoms with Crippen molar-refractivity contribution in [2.24, 2.45) is 0 Å². The summed E-state index contributed by atoms with van der Waals surface area (Å²) in [7, 11) is 11.8. The monoisotopic (exact) mass is 701 g/mol. The number of fused-ring (bicyclic) bond motifs is 2. The van der Waals surface area contributed by atoms with E-state index in [4.69, 9.17) is 27.9 Å². The summed E-state index contributed by atoms with van der Waals surface area (Å²) in [5.74, 6) is 0.0111. The van der Waals surface area contributed by atoms with Crippen molar-refractivity contribution >= 4 is 56.6 Å². The van der Waals surface area contributed by atoms with Crippen LogP contribution in [0.5, 0.6) is 0 Å². The summed E-state index contributed by atoms with van der Waals surface area (Å²) in [5, 5.41) is 2.58. The fourth-order valence-corrected chi connectivity index (χ4v) is 5.43. The third kappa shape index (κ3) is 10.9. The fourth-order valence-electron chi connectivity index (χ4n) is 4.92. The van der Waals surface area contributed by atoms with E-state index in [1.807, 2.05) is 118 Å². The van der Waals surface area contributed by atoms with Gasteiger partial charge >= 0.3 is 0 Å². The van der Waals surface area contributed by atoms with Crippen molar-refractivity contribution in [1.29, 1.82) is 0 Å². The van der Waals surface area contributed by atoms with Crippen LogP contribution >= 0.6 is 23.2 Å². The molecule has 0 fully saturated rings. The van der Waals surface area contributed by atoms with Crippen LogP contribution in [0.1, 0.15) is 88.2 Å². The summed E-state index contributed by atoms with van der Waals surface area (Å²) in [4.78, 5) is 37.9. The van der Waals surface area contributed by atoms with Crippen molar-refractivity contribution in [3.05, 3.63) is 70.6 Å². The minimum absolute atomic E-state index is 0.0367. The van der Waals surface area contributed by atoms with E-state index in [1.165, 1.54) is 0 Å². The molecule has 264 valence electrons. The first kappa shape index (κ1) is 40.9. The zero-order chi connectivity index (χ0) is 36.7. The Labute approximate surface area is 296 Å². The number of hydrogen-bond donors (Lipinski definition) is 0. The van der Waals surface area contributed by atoms with Gasteiger partial charge in [-0.05, 0) is 95.7 Å². The molecule has 0 amide bonds. The highest BCUT2D eigenvalue weighted by molar-refractivity contribution is 6.35. The van der Waals surface area contributed by atoms with Crippen molar-refractivity contribution in [2.45, 2.75) is 79.4 Å². The fraction of sp³-hybridized carbons (Fsp3) is 0.500. The normalized spacial score (nSPS) is 12.0. The van der Waals surface area contributed by atoms with Crippen LogP contribution in [0.4, 0.5) is 0 Å². The van der Waals surface area contributed by atoms with Gasteiger partial charge < -0.3 is 18.8 Å². The van der Waals surface area contributed by atoms with E-state index >= 15 is 0 Å². The van der Waals surface area contributed by atoms with Crippen LogP contribution in [-0.4, -0.2) is 99.6 Å². The Balaban J connectivity index is 0.000000259. The molecule has 4 aromatic heterocycles. The lowest BCUT2D eigenvalue weighted by atomic mass is 10.1. The number of ether oxygens (including phenoxy) is 1. The third-order valence-electron chi connectivity index (χ3n) is 7.02. The van der Waals surface area contributed by atoms with Crippen LogP contribution in [0, 0.1) is 0 Å². The van der Waals surface area contributed by atoms with Crippen molar-refractivity contribution in [3.8, 4) is 0 Å². The molecule has 4 heterocycles. The van der Waals surface area contributed by atoms with Crippen LogP contribution in [0.3, 0.4) is 0 Å². The van der Waals surface area contributed by atoms with Gasteiger partial charge in [-0.3, -0.25) is 19.4 Å². The Hall–Kier alpha value is -3.28. The number of aromatic nitrogens is 4. The van der Waals surface area contributed by atoms with Crippen molar-refractivity contribution in [2.75, 3.05) is 42.3 Å². The number of Topliss-reactive ketones (excluding diaryl/α,β-unsaturated/α-hetero) is 1. The van der Waals surface area contributed by atoms with Gasteiger partial charge in [0.15, 0.2) is 28.2 Å². The average molecular weight is 703 g/mol. The van der Waals surface area contributed by atoms with Crippen molar-refractivity contribution in [3.63, 3.8) is 0 Å². The minimum atomic E-state index is -0.0980. The molecule has 0 N–H and O–H groups in total. The zero-order valence-electron chi connectivity index (χ0n) is 31.0. The number of carbonyl (C=O) groups is 2. The molecule has 12 heteroatoms. The predicted molar refractivity (Wildman–Crippen MR) is 199 cm³/mol. The van der Waals surface area contributed by atoms with E-state index in [1.54, 1.807) is 31.6 Å². The smallest absolute Gasteiger partial charge is 0.189 e. The molecule has 0 aliphatic heterocycles. The van der Waals surface area contributed by atoms with E-state index in [0.717, 1.165) is 21.8 Å². The number of nitrogens with zero attached hydrogens (tertiary/aromatic N) is 7. The lowest BCUT2D eigenvalue weighted by Gasteiger charge is -2.35. The average Bonchev–Trinajstić information content (AvgIpc) is 3.56. The SMILES string of the molecule is CC(=O)c1cn(C(C)C)c2c(Cl)nccc12.CC(C)n1cc(C(=O)/C=C/N(C)C)c2ccnc(Cl)c21.CN(C)C(OC(C)(C)C)N(C)C. The molecule has 0 spiro atoms. The second-order valence-electron chi connectivity index (χ2n) is 13.8. The first-order valence-corrected chi connectivity index (χ1v) is 16.6.